The van der Waals surface area contributed by atoms with E-state index in [9.17, 15) is 9.18 Å². The summed E-state index contributed by atoms with van der Waals surface area (Å²) in [6, 6.07) is 6.79. The fraction of sp³-hybridized carbons (Fsp3) is 0.562. The van der Waals surface area contributed by atoms with Gasteiger partial charge in [-0.05, 0) is 49.4 Å². The first-order chi connectivity index (χ1) is 9.72. The van der Waals surface area contributed by atoms with Gasteiger partial charge in [-0.25, -0.2) is 4.39 Å². The molecule has 108 valence electrons. The Morgan fingerprint density at radius 2 is 2.00 bits per heavy atom. The predicted octanol–water partition coefficient (Wildman–Crippen LogP) is 2.19. The normalized spacial score (nSPS) is 26.2. The minimum atomic E-state index is -0.211. The van der Waals surface area contributed by atoms with Crippen LogP contribution in [0.3, 0.4) is 0 Å². The molecule has 0 radical (unpaired) electrons. The number of benzene rings is 1. The highest BCUT2D eigenvalue weighted by atomic mass is 19.1. The number of halogens is 1. The van der Waals surface area contributed by atoms with Gasteiger partial charge >= 0.3 is 0 Å². The number of carbonyl (C=O) groups excluding carboxylic acids is 1. The standard InChI is InChI=1S/C16H21FN2O/c17-13-5-3-12(4-6-13)14-7-8-18-10-15(14)19-16(20)9-11-1-2-11/h3-6,11,14-15,18H,1-2,7-10H2,(H,19,20). The molecule has 3 rings (SSSR count). The average Bonchev–Trinajstić information content (AvgIpc) is 3.24. The zero-order valence-corrected chi connectivity index (χ0v) is 11.6. The Bertz CT molecular complexity index is 470. The van der Waals surface area contributed by atoms with Crippen LogP contribution in [0.25, 0.3) is 0 Å². The molecule has 4 heteroatoms. The second kappa shape index (κ2) is 5.92. The largest absolute Gasteiger partial charge is 0.351 e. The Balaban J connectivity index is 1.66. The molecule has 2 aliphatic rings. The van der Waals surface area contributed by atoms with Crippen LogP contribution < -0.4 is 10.6 Å². The van der Waals surface area contributed by atoms with Gasteiger partial charge in [0.2, 0.25) is 5.91 Å². The van der Waals surface area contributed by atoms with Crippen LogP contribution in [0.4, 0.5) is 4.39 Å². The lowest BCUT2D eigenvalue weighted by atomic mass is 9.86. The van der Waals surface area contributed by atoms with Gasteiger partial charge < -0.3 is 10.6 Å². The average molecular weight is 276 g/mol. The minimum absolute atomic E-state index is 0.112. The van der Waals surface area contributed by atoms with E-state index >= 15 is 0 Å². The summed E-state index contributed by atoms with van der Waals surface area (Å²) in [5, 5.41) is 6.49. The molecule has 1 heterocycles. The molecule has 1 aromatic rings. The van der Waals surface area contributed by atoms with Gasteiger partial charge in [0.15, 0.2) is 0 Å². The maximum Gasteiger partial charge on any atom is 0.220 e. The third-order valence-corrected chi connectivity index (χ3v) is 4.30. The first kappa shape index (κ1) is 13.6. The maximum absolute atomic E-state index is 13.0. The Morgan fingerprint density at radius 1 is 1.25 bits per heavy atom. The maximum atomic E-state index is 13.0. The van der Waals surface area contributed by atoms with Crippen LogP contribution in [-0.4, -0.2) is 25.0 Å². The van der Waals surface area contributed by atoms with Gasteiger partial charge in [-0.3, -0.25) is 4.79 Å². The molecular weight excluding hydrogens is 255 g/mol. The highest BCUT2D eigenvalue weighted by Gasteiger charge is 2.30. The van der Waals surface area contributed by atoms with Crippen LogP contribution in [0.15, 0.2) is 24.3 Å². The molecule has 0 spiro atoms. The van der Waals surface area contributed by atoms with Crippen molar-refractivity contribution in [3.63, 3.8) is 0 Å². The van der Waals surface area contributed by atoms with Crippen molar-refractivity contribution in [3.8, 4) is 0 Å². The second-order valence-corrected chi connectivity index (χ2v) is 5.97. The van der Waals surface area contributed by atoms with Crippen LogP contribution in [0.1, 0.15) is 37.2 Å². The van der Waals surface area contributed by atoms with Crippen LogP contribution in [0.2, 0.25) is 0 Å². The van der Waals surface area contributed by atoms with E-state index in [4.69, 9.17) is 0 Å². The molecule has 1 amide bonds. The minimum Gasteiger partial charge on any atom is -0.351 e. The Hall–Kier alpha value is -1.42. The van der Waals surface area contributed by atoms with Crippen LogP contribution >= 0.6 is 0 Å². The van der Waals surface area contributed by atoms with Gasteiger partial charge in [0, 0.05) is 24.9 Å². The van der Waals surface area contributed by atoms with Gasteiger partial charge in [0.05, 0.1) is 0 Å². The van der Waals surface area contributed by atoms with Gasteiger partial charge in [-0.15, -0.1) is 0 Å². The number of piperidine rings is 1. The van der Waals surface area contributed by atoms with E-state index in [0.29, 0.717) is 12.3 Å². The zero-order valence-electron chi connectivity index (χ0n) is 11.6. The molecule has 2 atom stereocenters. The third kappa shape index (κ3) is 3.37. The summed E-state index contributed by atoms with van der Waals surface area (Å²) in [5.74, 6) is 0.834. The molecule has 1 saturated carbocycles. The second-order valence-electron chi connectivity index (χ2n) is 5.97. The van der Waals surface area contributed by atoms with Gasteiger partial charge in [0.25, 0.3) is 0 Å². The lowest BCUT2D eigenvalue weighted by Gasteiger charge is -2.33. The number of amides is 1. The van der Waals surface area contributed by atoms with E-state index in [1.165, 1.54) is 25.0 Å². The quantitative estimate of drug-likeness (QED) is 0.885. The Morgan fingerprint density at radius 3 is 2.70 bits per heavy atom. The summed E-state index contributed by atoms with van der Waals surface area (Å²) < 4.78 is 13.0. The van der Waals surface area contributed by atoms with Gasteiger partial charge in [0.1, 0.15) is 5.82 Å². The number of hydrogen-bond donors (Lipinski definition) is 2. The van der Waals surface area contributed by atoms with Crippen molar-refractivity contribution in [1.29, 1.82) is 0 Å². The van der Waals surface area contributed by atoms with E-state index in [2.05, 4.69) is 10.6 Å². The van der Waals surface area contributed by atoms with Gasteiger partial charge in [-0.1, -0.05) is 12.1 Å². The van der Waals surface area contributed by atoms with E-state index in [1.807, 2.05) is 12.1 Å². The van der Waals surface area contributed by atoms with Crippen LogP contribution in [0, 0.1) is 11.7 Å². The van der Waals surface area contributed by atoms with Crippen molar-refractivity contribution in [2.24, 2.45) is 5.92 Å². The molecule has 2 fully saturated rings. The summed E-state index contributed by atoms with van der Waals surface area (Å²) in [5.41, 5.74) is 1.12. The van der Waals surface area contributed by atoms with Crippen LogP contribution in [-0.2, 0) is 4.79 Å². The summed E-state index contributed by atoms with van der Waals surface area (Å²) >= 11 is 0. The molecule has 3 nitrogen and oxygen atoms in total. The zero-order chi connectivity index (χ0) is 13.9. The van der Waals surface area contributed by atoms with Crippen molar-refractivity contribution < 1.29 is 9.18 Å². The molecule has 2 N–H and O–H groups in total. The molecule has 1 saturated heterocycles. The van der Waals surface area contributed by atoms with E-state index in [0.717, 1.165) is 25.1 Å². The lowest BCUT2D eigenvalue weighted by molar-refractivity contribution is -0.122. The third-order valence-electron chi connectivity index (χ3n) is 4.30. The molecule has 1 aliphatic carbocycles. The summed E-state index contributed by atoms with van der Waals surface area (Å²) in [4.78, 5) is 12.0. The molecule has 1 aromatic carbocycles. The van der Waals surface area contributed by atoms with Crippen molar-refractivity contribution in [3.05, 3.63) is 35.6 Å². The highest BCUT2D eigenvalue weighted by molar-refractivity contribution is 5.77. The van der Waals surface area contributed by atoms with E-state index < -0.39 is 0 Å². The van der Waals surface area contributed by atoms with E-state index in [-0.39, 0.29) is 23.7 Å². The highest BCUT2D eigenvalue weighted by Crippen LogP contribution is 2.32. The first-order valence-electron chi connectivity index (χ1n) is 7.48. The number of nitrogens with one attached hydrogen (secondary N) is 2. The van der Waals surface area contributed by atoms with E-state index in [1.54, 1.807) is 0 Å². The van der Waals surface area contributed by atoms with Crippen molar-refractivity contribution in [1.82, 2.24) is 10.6 Å². The molecular formula is C16H21FN2O. The van der Waals surface area contributed by atoms with Crippen molar-refractivity contribution in [2.75, 3.05) is 13.1 Å². The molecule has 20 heavy (non-hydrogen) atoms. The smallest absolute Gasteiger partial charge is 0.220 e. The lowest BCUT2D eigenvalue weighted by Crippen LogP contribution is -2.50. The molecule has 0 aromatic heterocycles. The molecule has 2 unspecified atom stereocenters. The number of hydrogen-bond acceptors (Lipinski definition) is 2. The SMILES string of the molecule is O=C(CC1CC1)NC1CNCCC1c1ccc(F)cc1. The fourth-order valence-corrected chi connectivity index (χ4v) is 2.97. The number of rotatable bonds is 4. The summed E-state index contributed by atoms with van der Waals surface area (Å²) in [6.07, 6.45) is 4.02. The molecule has 0 bridgehead atoms. The Kier molecular flexibility index (Phi) is 4.01. The Labute approximate surface area is 118 Å². The monoisotopic (exact) mass is 276 g/mol. The predicted molar refractivity (Wildman–Crippen MR) is 75.9 cm³/mol. The topological polar surface area (TPSA) is 41.1 Å². The van der Waals surface area contributed by atoms with Crippen LogP contribution in [0.5, 0.6) is 0 Å². The van der Waals surface area contributed by atoms with Gasteiger partial charge in [-0.2, -0.15) is 0 Å². The first-order valence-corrected chi connectivity index (χ1v) is 7.48. The molecule has 1 aliphatic heterocycles. The fourth-order valence-electron chi connectivity index (χ4n) is 2.97. The van der Waals surface area contributed by atoms with Crippen molar-refractivity contribution >= 4 is 5.91 Å². The summed E-state index contributed by atoms with van der Waals surface area (Å²) in [7, 11) is 0. The van der Waals surface area contributed by atoms with Crippen molar-refractivity contribution in [2.45, 2.75) is 37.6 Å². The summed E-state index contributed by atoms with van der Waals surface area (Å²) in [6.45, 7) is 1.73. The number of carbonyl (C=O) groups is 1.